The van der Waals surface area contributed by atoms with Gasteiger partial charge in [0.25, 0.3) is 0 Å². The molecule has 6 heteroatoms. The molecule has 1 unspecified atom stereocenters. The molecule has 0 aliphatic rings. The van der Waals surface area contributed by atoms with E-state index in [0.29, 0.717) is 22.9 Å². The molecular formula is C15H21NO4S. The van der Waals surface area contributed by atoms with E-state index in [1.807, 2.05) is 0 Å². The van der Waals surface area contributed by atoms with Crippen LogP contribution in [0, 0.1) is 5.92 Å². The summed E-state index contributed by atoms with van der Waals surface area (Å²) in [5.41, 5.74) is 0.643. The summed E-state index contributed by atoms with van der Waals surface area (Å²) in [4.78, 5) is 22.7. The Kier molecular flexibility index (Phi) is 7.08. The fraction of sp³-hybridized carbons (Fsp3) is 0.467. The number of carboxylic acid groups (broad SMARTS) is 1. The Morgan fingerprint density at radius 1 is 1.24 bits per heavy atom. The van der Waals surface area contributed by atoms with Crippen molar-refractivity contribution in [3.05, 3.63) is 29.8 Å². The predicted molar refractivity (Wildman–Crippen MR) is 81.5 cm³/mol. The molecule has 0 heterocycles. The molecule has 0 radical (unpaired) electrons. The Morgan fingerprint density at radius 2 is 1.86 bits per heavy atom. The summed E-state index contributed by atoms with van der Waals surface area (Å²) >= 11 is 0. The van der Waals surface area contributed by atoms with Crippen LogP contribution in [0.4, 0.5) is 0 Å². The highest BCUT2D eigenvalue weighted by molar-refractivity contribution is 7.85. The second-order valence-corrected chi connectivity index (χ2v) is 6.69. The van der Waals surface area contributed by atoms with Gasteiger partial charge >= 0.3 is 5.97 Å². The van der Waals surface area contributed by atoms with Crippen molar-refractivity contribution in [2.45, 2.75) is 31.6 Å². The van der Waals surface area contributed by atoms with Crippen LogP contribution in [0.25, 0.3) is 0 Å². The maximum Gasteiger partial charge on any atom is 0.307 e. The van der Waals surface area contributed by atoms with Crippen molar-refractivity contribution < 1.29 is 18.9 Å². The van der Waals surface area contributed by atoms with Gasteiger partial charge in [-0.1, -0.05) is 26.0 Å². The highest BCUT2D eigenvalue weighted by Crippen LogP contribution is 2.10. The van der Waals surface area contributed by atoms with Crippen LogP contribution in [-0.4, -0.2) is 33.5 Å². The minimum atomic E-state index is -1.41. The summed E-state index contributed by atoms with van der Waals surface area (Å²) in [6.07, 6.45) is 0.824. The molecule has 1 rings (SSSR count). The summed E-state index contributed by atoms with van der Waals surface area (Å²) in [5.74, 6) is -0.703. The molecule has 5 nitrogen and oxygen atoms in total. The lowest BCUT2D eigenvalue weighted by Crippen LogP contribution is -2.29. The molecule has 0 aliphatic carbocycles. The number of aliphatic carboxylic acids is 1. The molecular weight excluding hydrogens is 290 g/mol. The minimum Gasteiger partial charge on any atom is -0.481 e. The van der Waals surface area contributed by atoms with Crippen LogP contribution in [0.5, 0.6) is 0 Å². The van der Waals surface area contributed by atoms with Gasteiger partial charge in [0.2, 0.25) is 5.91 Å². The highest BCUT2D eigenvalue weighted by Gasteiger charge is 2.10. The normalized spacial score (nSPS) is 12.1. The van der Waals surface area contributed by atoms with Crippen LogP contribution in [0.3, 0.4) is 0 Å². The number of hydrogen-bond acceptors (Lipinski definition) is 3. The number of carbonyl (C=O) groups is 2. The van der Waals surface area contributed by atoms with Gasteiger partial charge < -0.3 is 10.4 Å². The fourth-order valence-corrected chi connectivity index (χ4v) is 2.63. The zero-order valence-corrected chi connectivity index (χ0v) is 13.1. The van der Waals surface area contributed by atoms with Gasteiger partial charge in [-0.15, -0.1) is 0 Å². The van der Waals surface area contributed by atoms with E-state index in [4.69, 9.17) is 5.11 Å². The summed E-state index contributed by atoms with van der Waals surface area (Å²) in [7, 11) is -1.41. The number of carbonyl (C=O) groups excluding carboxylic acids is 1. The molecule has 0 aromatic heterocycles. The van der Waals surface area contributed by atoms with E-state index < -0.39 is 16.8 Å². The van der Waals surface area contributed by atoms with Crippen molar-refractivity contribution >= 4 is 22.7 Å². The van der Waals surface area contributed by atoms with Gasteiger partial charge in [0.1, 0.15) is 5.75 Å². The third-order valence-corrected chi connectivity index (χ3v) is 4.17. The predicted octanol–water partition coefficient (Wildman–Crippen LogP) is 1.58. The lowest BCUT2D eigenvalue weighted by atomic mass is 10.1. The largest absolute Gasteiger partial charge is 0.481 e. The van der Waals surface area contributed by atoms with Crippen LogP contribution in [-0.2, 0) is 26.8 Å². The van der Waals surface area contributed by atoms with E-state index in [9.17, 15) is 13.8 Å². The van der Waals surface area contributed by atoms with Crippen molar-refractivity contribution in [1.29, 1.82) is 0 Å². The summed E-state index contributed by atoms with van der Waals surface area (Å²) < 4.78 is 12.0. The van der Waals surface area contributed by atoms with Crippen LogP contribution >= 0.6 is 0 Å². The van der Waals surface area contributed by atoms with E-state index in [-0.39, 0.29) is 18.1 Å². The van der Waals surface area contributed by atoms with Gasteiger partial charge in [0.05, 0.1) is 17.2 Å². The monoisotopic (exact) mass is 311 g/mol. The number of amides is 1. The van der Waals surface area contributed by atoms with Crippen molar-refractivity contribution in [2.24, 2.45) is 5.92 Å². The summed E-state index contributed by atoms with van der Waals surface area (Å²) in [5, 5.41) is 11.4. The summed E-state index contributed by atoms with van der Waals surface area (Å²) in [6.45, 7) is 4.73. The molecule has 1 amide bonds. The minimum absolute atomic E-state index is 0.0669. The Balaban J connectivity index is 2.47. The van der Waals surface area contributed by atoms with Crippen molar-refractivity contribution in [3.8, 4) is 0 Å². The second kappa shape index (κ2) is 8.56. The van der Waals surface area contributed by atoms with E-state index in [0.717, 1.165) is 6.42 Å². The molecule has 0 saturated carbocycles. The average Bonchev–Trinajstić information content (AvgIpc) is 2.38. The van der Waals surface area contributed by atoms with E-state index in [1.54, 1.807) is 24.3 Å². The number of rotatable bonds is 8. The maximum atomic E-state index is 12.0. The molecule has 1 aromatic carbocycles. The number of carboxylic acids is 1. The maximum absolute atomic E-state index is 12.0. The zero-order chi connectivity index (χ0) is 15.8. The third kappa shape index (κ3) is 7.04. The molecule has 1 aromatic rings. The number of nitrogens with one attached hydrogen (secondary N) is 1. The molecule has 2 N–H and O–H groups in total. The Morgan fingerprint density at radius 3 is 2.38 bits per heavy atom. The van der Waals surface area contributed by atoms with Gasteiger partial charge in [-0.05, 0) is 30.0 Å². The Hall–Kier alpha value is -1.69. The van der Waals surface area contributed by atoms with E-state index >= 15 is 0 Å². The van der Waals surface area contributed by atoms with Gasteiger partial charge in [0, 0.05) is 11.4 Å². The first-order chi connectivity index (χ1) is 9.88. The molecule has 21 heavy (non-hydrogen) atoms. The molecule has 0 bridgehead atoms. The second-order valence-electron chi connectivity index (χ2n) is 5.24. The first-order valence-electron chi connectivity index (χ1n) is 6.84. The molecule has 0 saturated heterocycles. The molecule has 1 atom stereocenters. The quantitative estimate of drug-likeness (QED) is 0.763. The molecule has 0 spiro atoms. The van der Waals surface area contributed by atoms with Crippen LogP contribution in [0.15, 0.2) is 29.2 Å². The van der Waals surface area contributed by atoms with Crippen LogP contribution in [0.2, 0.25) is 0 Å². The smallest absolute Gasteiger partial charge is 0.307 e. The number of hydrogen-bond donors (Lipinski definition) is 2. The van der Waals surface area contributed by atoms with E-state index in [2.05, 4.69) is 19.2 Å². The fourth-order valence-electron chi connectivity index (χ4n) is 1.69. The average molecular weight is 311 g/mol. The first-order valence-corrected chi connectivity index (χ1v) is 8.16. The lowest BCUT2D eigenvalue weighted by Gasteiger charge is -2.07. The third-order valence-electron chi connectivity index (χ3n) is 2.85. The molecule has 116 valence electrons. The summed E-state index contributed by atoms with van der Waals surface area (Å²) in [6, 6.07) is 6.46. The number of benzene rings is 1. The van der Waals surface area contributed by atoms with Gasteiger partial charge in [0.15, 0.2) is 0 Å². The highest BCUT2D eigenvalue weighted by atomic mass is 32.2. The van der Waals surface area contributed by atoms with Gasteiger partial charge in [-0.2, -0.15) is 0 Å². The topological polar surface area (TPSA) is 83.5 Å². The Bertz CT molecular complexity index is 511. The SMILES string of the molecule is CC(C)CCNC(=O)CS(=O)c1ccc(CC(=O)O)cc1. The van der Waals surface area contributed by atoms with Crippen molar-refractivity contribution in [3.63, 3.8) is 0 Å². The van der Waals surface area contributed by atoms with Crippen molar-refractivity contribution in [2.75, 3.05) is 12.3 Å². The Labute approximate surface area is 127 Å². The van der Waals surface area contributed by atoms with Crippen molar-refractivity contribution in [1.82, 2.24) is 5.32 Å². The lowest BCUT2D eigenvalue weighted by molar-refractivity contribution is -0.136. The molecule has 0 aliphatic heterocycles. The van der Waals surface area contributed by atoms with Crippen LogP contribution < -0.4 is 5.32 Å². The zero-order valence-electron chi connectivity index (χ0n) is 12.3. The standard InChI is InChI=1S/C15H21NO4S/c1-11(2)7-8-16-14(17)10-21(20)13-5-3-12(4-6-13)9-15(18)19/h3-6,11H,7-10H2,1-2H3,(H,16,17)(H,18,19). The first kappa shape index (κ1) is 17.4. The van der Waals surface area contributed by atoms with Crippen LogP contribution in [0.1, 0.15) is 25.8 Å². The van der Waals surface area contributed by atoms with Gasteiger partial charge in [-0.3, -0.25) is 13.8 Å². The van der Waals surface area contributed by atoms with Gasteiger partial charge in [-0.25, -0.2) is 0 Å². The van der Waals surface area contributed by atoms with E-state index in [1.165, 1.54) is 0 Å². The molecule has 0 fully saturated rings.